The Morgan fingerprint density at radius 1 is 1.43 bits per heavy atom. The Bertz CT molecular complexity index is 380. The summed E-state index contributed by atoms with van der Waals surface area (Å²) in [4.78, 5) is 0. The van der Waals surface area contributed by atoms with Crippen molar-refractivity contribution in [3.05, 3.63) is 24.3 Å². The van der Waals surface area contributed by atoms with Gasteiger partial charge in [0.1, 0.15) is 0 Å². The minimum absolute atomic E-state index is 0.419. The molecule has 0 aliphatic rings. The molecule has 0 aliphatic heterocycles. The van der Waals surface area contributed by atoms with Crippen LogP contribution in [0.3, 0.4) is 0 Å². The molecular formula is C9H11N3O2. The first-order chi connectivity index (χ1) is 6.90. The first kappa shape index (κ1) is 8.96. The summed E-state index contributed by atoms with van der Waals surface area (Å²) in [5.74, 6) is 1.58. The summed E-state index contributed by atoms with van der Waals surface area (Å²) >= 11 is 0. The maximum atomic E-state index is 5.35. The van der Waals surface area contributed by atoms with Crippen molar-refractivity contribution in [1.29, 1.82) is 0 Å². The quantitative estimate of drug-likeness (QED) is 0.795. The van der Waals surface area contributed by atoms with Crippen molar-refractivity contribution in [2.45, 2.75) is 13.5 Å². The number of aromatic nitrogens is 2. The van der Waals surface area contributed by atoms with Gasteiger partial charge in [0.05, 0.1) is 12.8 Å². The molecule has 0 saturated carbocycles. The van der Waals surface area contributed by atoms with Crippen molar-refractivity contribution >= 4 is 0 Å². The molecule has 0 spiro atoms. The summed E-state index contributed by atoms with van der Waals surface area (Å²) in [6, 6.07) is 3.56. The van der Waals surface area contributed by atoms with Crippen LogP contribution in [0.2, 0.25) is 0 Å². The molecule has 5 heteroatoms. The van der Waals surface area contributed by atoms with Gasteiger partial charge < -0.3 is 14.2 Å². The van der Waals surface area contributed by atoms with Crippen LogP contribution < -0.4 is 5.32 Å². The number of nitrogens with zero attached hydrogens (tertiary/aromatic N) is 2. The molecule has 0 amide bonds. The Hall–Kier alpha value is -1.62. The minimum atomic E-state index is 0.419. The van der Waals surface area contributed by atoms with E-state index in [0.29, 0.717) is 24.1 Å². The fourth-order valence-corrected chi connectivity index (χ4v) is 1.06. The van der Waals surface area contributed by atoms with Crippen LogP contribution in [0, 0.1) is 0 Å². The molecule has 5 nitrogen and oxygen atoms in total. The van der Waals surface area contributed by atoms with E-state index in [4.69, 9.17) is 8.83 Å². The van der Waals surface area contributed by atoms with Gasteiger partial charge >= 0.3 is 0 Å². The topological polar surface area (TPSA) is 64.1 Å². The monoisotopic (exact) mass is 193 g/mol. The predicted octanol–water partition coefficient (Wildman–Crippen LogP) is 1.44. The first-order valence-electron chi connectivity index (χ1n) is 4.47. The molecule has 0 unspecified atom stereocenters. The van der Waals surface area contributed by atoms with Crippen LogP contribution in [0.25, 0.3) is 11.7 Å². The molecule has 0 radical (unpaired) electrons. The molecule has 14 heavy (non-hydrogen) atoms. The van der Waals surface area contributed by atoms with Crippen LogP contribution in [0.1, 0.15) is 12.8 Å². The molecule has 0 aromatic carbocycles. The van der Waals surface area contributed by atoms with Crippen molar-refractivity contribution in [2.75, 3.05) is 6.54 Å². The van der Waals surface area contributed by atoms with Crippen molar-refractivity contribution < 1.29 is 8.83 Å². The van der Waals surface area contributed by atoms with Crippen LogP contribution in [0.5, 0.6) is 0 Å². The number of hydrogen-bond acceptors (Lipinski definition) is 5. The van der Waals surface area contributed by atoms with Crippen LogP contribution in [0.15, 0.2) is 27.2 Å². The maximum absolute atomic E-state index is 5.35. The second-order valence-corrected chi connectivity index (χ2v) is 2.76. The summed E-state index contributed by atoms with van der Waals surface area (Å²) in [5.41, 5.74) is 0. The highest BCUT2D eigenvalue weighted by atomic mass is 16.4. The molecule has 2 aromatic rings. The summed E-state index contributed by atoms with van der Waals surface area (Å²) in [6.07, 6.45) is 1.57. The molecule has 0 atom stereocenters. The fraction of sp³-hybridized carbons (Fsp3) is 0.333. The van der Waals surface area contributed by atoms with E-state index in [-0.39, 0.29) is 0 Å². The normalized spacial score (nSPS) is 10.6. The molecular weight excluding hydrogens is 182 g/mol. The molecule has 2 rings (SSSR count). The van der Waals surface area contributed by atoms with Gasteiger partial charge in [-0.2, -0.15) is 0 Å². The Morgan fingerprint density at radius 3 is 3.07 bits per heavy atom. The van der Waals surface area contributed by atoms with E-state index >= 15 is 0 Å². The van der Waals surface area contributed by atoms with Gasteiger partial charge in [0.2, 0.25) is 5.89 Å². The van der Waals surface area contributed by atoms with Crippen molar-refractivity contribution in [2.24, 2.45) is 0 Å². The number of rotatable bonds is 4. The van der Waals surface area contributed by atoms with Gasteiger partial charge in [-0.25, -0.2) is 0 Å². The lowest BCUT2D eigenvalue weighted by molar-refractivity contribution is 0.464. The Kier molecular flexibility index (Phi) is 2.60. The zero-order valence-corrected chi connectivity index (χ0v) is 7.86. The maximum Gasteiger partial charge on any atom is 0.283 e. The first-order valence-corrected chi connectivity index (χ1v) is 4.47. The van der Waals surface area contributed by atoms with Gasteiger partial charge in [-0.05, 0) is 18.7 Å². The van der Waals surface area contributed by atoms with Crippen molar-refractivity contribution in [3.63, 3.8) is 0 Å². The highest BCUT2D eigenvalue weighted by Gasteiger charge is 2.09. The van der Waals surface area contributed by atoms with Gasteiger partial charge in [-0.3, -0.25) is 0 Å². The lowest BCUT2D eigenvalue weighted by atomic mass is 10.5. The van der Waals surface area contributed by atoms with E-state index in [1.54, 1.807) is 18.4 Å². The highest BCUT2D eigenvalue weighted by Crippen LogP contribution is 2.17. The number of nitrogens with one attached hydrogen (secondary N) is 1. The fourth-order valence-electron chi connectivity index (χ4n) is 1.06. The van der Waals surface area contributed by atoms with Gasteiger partial charge in [0.15, 0.2) is 5.76 Å². The standard InChI is InChI=1S/C9H11N3O2/c1-2-10-6-8-11-12-9(14-8)7-4-3-5-13-7/h3-5,10H,2,6H2,1H3. The third kappa shape index (κ3) is 1.82. The minimum Gasteiger partial charge on any atom is -0.459 e. The lowest BCUT2D eigenvalue weighted by Gasteiger charge is -1.92. The SMILES string of the molecule is CCNCc1nnc(-c2ccco2)o1. The lowest BCUT2D eigenvalue weighted by Crippen LogP contribution is -2.11. The number of hydrogen-bond donors (Lipinski definition) is 1. The average molecular weight is 193 g/mol. The molecule has 0 saturated heterocycles. The molecule has 1 N–H and O–H groups in total. The average Bonchev–Trinajstić information content (AvgIpc) is 2.85. The van der Waals surface area contributed by atoms with Crippen LogP contribution in [-0.2, 0) is 6.54 Å². The molecule has 74 valence electrons. The molecule has 0 bridgehead atoms. The Morgan fingerprint density at radius 2 is 2.36 bits per heavy atom. The second-order valence-electron chi connectivity index (χ2n) is 2.76. The van der Waals surface area contributed by atoms with E-state index in [2.05, 4.69) is 15.5 Å². The van der Waals surface area contributed by atoms with Crippen LogP contribution >= 0.6 is 0 Å². The van der Waals surface area contributed by atoms with Gasteiger partial charge in [0.25, 0.3) is 5.89 Å². The van der Waals surface area contributed by atoms with Gasteiger partial charge in [-0.1, -0.05) is 6.92 Å². The summed E-state index contributed by atoms with van der Waals surface area (Å²) in [5, 5.41) is 10.8. The Balaban J connectivity index is 2.10. The summed E-state index contributed by atoms with van der Waals surface area (Å²) in [6.45, 7) is 3.48. The highest BCUT2D eigenvalue weighted by molar-refractivity contribution is 5.42. The molecule has 2 aromatic heterocycles. The van der Waals surface area contributed by atoms with Gasteiger partial charge in [-0.15, -0.1) is 10.2 Å². The summed E-state index contributed by atoms with van der Waals surface area (Å²) < 4.78 is 10.5. The van der Waals surface area contributed by atoms with E-state index in [1.165, 1.54) is 0 Å². The summed E-state index contributed by atoms with van der Waals surface area (Å²) in [7, 11) is 0. The smallest absolute Gasteiger partial charge is 0.283 e. The van der Waals surface area contributed by atoms with E-state index in [1.807, 2.05) is 6.92 Å². The van der Waals surface area contributed by atoms with Crippen LogP contribution in [-0.4, -0.2) is 16.7 Å². The predicted molar refractivity (Wildman–Crippen MR) is 49.4 cm³/mol. The Labute approximate surface area is 81.1 Å². The molecule has 0 fully saturated rings. The third-order valence-electron chi connectivity index (χ3n) is 1.73. The van der Waals surface area contributed by atoms with Crippen LogP contribution in [0.4, 0.5) is 0 Å². The second kappa shape index (κ2) is 4.06. The van der Waals surface area contributed by atoms with E-state index < -0.39 is 0 Å². The zero-order valence-electron chi connectivity index (χ0n) is 7.86. The number of furan rings is 1. The molecule has 2 heterocycles. The molecule has 0 aliphatic carbocycles. The van der Waals surface area contributed by atoms with Gasteiger partial charge in [0, 0.05) is 0 Å². The largest absolute Gasteiger partial charge is 0.459 e. The van der Waals surface area contributed by atoms with E-state index in [9.17, 15) is 0 Å². The van der Waals surface area contributed by atoms with Crippen molar-refractivity contribution in [1.82, 2.24) is 15.5 Å². The third-order valence-corrected chi connectivity index (χ3v) is 1.73. The van der Waals surface area contributed by atoms with Crippen molar-refractivity contribution in [3.8, 4) is 11.7 Å². The van der Waals surface area contributed by atoms with E-state index in [0.717, 1.165) is 6.54 Å². The zero-order chi connectivity index (χ0) is 9.80.